The number of aromatic nitrogens is 2. The average molecular weight is 573 g/mol. The normalized spacial score (nSPS) is 18.2. The molecule has 2 saturated heterocycles. The minimum Gasteiger partial charge on any atom is -0.475 e. The van der Waals surface area contributed by atoms with Crippen LogP contribution in [0.2, 0.25) is 0 Å². The summed E-state index contributed by atoms with van der Waals surface area (Å²) in [5.41, 5.74) is 0.615. The second kappa shape index (κ2) is 13.4. The first kappa shape index (κ1) is 31.6. The molecule has 0 radical (unpaired) electrons. The lowest BCUT2D eigenvalue weighted by Gasteiger charge is -2.46. The van der Waals surface area contributed by atoms with Crippen molar-refractivity contribution in [2.45, 2.75) is 51.1 Å². The molecule has 2 aliphatic heterocycles. The van der Waals surface area contributed by atoms with Crippen LogP contribution in [0.5, 0.6) is 0 Å². The molecule has 0 aliphatic carbocycles. The van der Waals surface area contributed by atoms with Crippen molar-refractivity contribution in [2.24, 2.45) is 12.5 Å². The molecule has 2 aromatic heterocycles. The van der Waals surface area contributed by atoms with E-state index in [9.17, 15) is 26.3 Å². The number of alkyl halides is 6. The monoisotopic (exact) mass is 572 g/mol. The van der Waals surface area contributed by atoms with Crippen LogP contribution in [-0.2, 0) is 29.7 Å². The summed E-state index contributed by atoms with van der Waals surface area (Å²) < 4.78 is 65.6. The molecule has 0 unspecified atom stereocenters. The Kier molecular flexibility index (Phi) is 11.2. The van der Waals surface area contributed by atoms with Gasteiger partial charge in [-0.2, -0.15) is 26.3 Å². The first-order chi connectivity index (χ1) is 17.6. The van der Waals surface area contributed by atoms with Crippen molar-refractivity contribution in [3.8, 4) is 0 Å². The number of rotatable bonds is 4. The van der Waals surface area contributed by atoms with E-state index >= 15 is 0 Å². The summed E-state index contributed by atoms with van der Waals surface area (Å²) in [5.74, 6) is -4.32. The highest BCUT2D eigenvalue weighted by atomic mass is 32.1. The Morgan fingerprint density at radius 2 is 1.37 bits per heavy atom. The predicted octanol–water partition coefficient (Wildman–Crippen LogP) is 4.63. The molecular weight excluding hydrogens is 542 g/mol. The van der Waals surface area contributed by atoms with E-state index in [0.717, 1.165) is 13.1 Å². The zero-order valence-electron chi connectivity index (χ0n) is 20.6. The Morgan fingerprint density at radius 3 is 1.71 bits per heavy atom. The van der Waals surface area contributed by atoms with Gasteiger partial charge in [0.1, 0.15) is 5.82 Å². The zero-order chi connectivity index (χ0) is 28.6. The smallest absolute Gasteiger partial charge is 0.475 e. The van der Waals surface area contributed by atoms with E-state index in [1.807, 2.05) is 23.7 Å². The number of carboxylic acids is 2. The van der Waals surface area contributed by atoms with Crippen molar-refractivity contribution in [1.82, 2.24) is 19.4 Å². The highest BCUT2D eigenvalue weighted by Crippen LogP contribution is 2.41. The van der Waals surface area contributed by atoms with Crippen molar-refractivity contribution in [3.05, 3.63) is 40.6 Å². The van der Waals surface area contributed by atoms with E-state index in [1.54, 1.807) is 0 Å². The lowest BCUT2D eigenvalue weighted by Crippen LogP contribution is -2.46. The molecule has 4 rings (SSSR count). The van der Waals surface area contributed by atoms with E-state index in [0.29, 0.717) is 5.41 Å². The van der Waals surface area contributed by atoms with Gasteiger partial charge in [-0.3, -0.25) is 9.80 Å². The SMILES string of the molecule is Cn1ccnc1CN1CCC2(CCN(Cc3cccs3)CC2)CC1.O=C(O)C(F)(F)F.O=C(O)C(F)(F)F. The third-order valence-corrected chi connectivity index (χ3v) is 7.43. The summed E-state index contributed by atoms with van der Waals surface area (Å²) in [6, 6.07) is 4.44. The molecule has 0 saturated carbocycles. The molecule has 4 heterocycles. The number of imidazole rings is 1. The maximum atomic E-state index is 10.6. The minimum atomic E-state index is -5.08. The number of piperidine rings is 2. The molecule has 2 fully saturated rings. The number of hydrogen-bond acceptors (Lipinski definition) is 6. The topological polar surface area (TPSA) is 98.9 Å². The van der Waals surface area contributed by atoms with Crippen LogP contribution in [0.25, 0.3) is 0 Å². The number of carboxylic acid groups (broad SMARTS) is 2. The van der Waals surface area contributed by atoms with Crippen LogP contribution >= 0.6 is 11.3 Å². The summed E-state index contributed by atoms with van der Waals surface area (Å²) in [6.07, 6.45) is -0.716. The summed E-state index contributed by atoms with van der Waals surface area (Å²) in [5, 5.41) is 16.4. The third kappa shape index (κ3) is 10.3. The predicted molar refractivity (Wildman–Crippen MR) is 126 cm³/mol. The molecular formula is C23H30F6N4O4S. The number of likely N-dealkylation sites (tertiary alicyclic amines) is 2. The van der Waals surface area contributed by atoms with Crippen LogP contribution in [0.1, 0.15) is 36.4 Å². The van der Waals surface area contributed by atoms with Crippen molar-refractivity contribution >= 4 is 23.3 Å². The number of halogens is 6. The Bertz CT molecular complexity index is 984. The fraction of sp³-hybridized carbons (Fsp3) is 0.609. The van der Waals surface area contributed by atoms with Crippen LogP contribution in [0.3, 0.4) is 0 Å². The van der Waals surface area contributed by atoms with Gasteiger partial charge in [-0.1, -0.05) is 6.07 Å². The first-order valence-electron chi connectivity index (χ1n) is 11.6. The minimum absolute atomic E-state index is 0.615. The third-order valence-electron chi connectivity index (χ3n) is 6.56. The molecule has 214 valence electrons. The van der Waals surface area contributed by atoms with E-state index < -0.39 is 24.3 Å². The largest absolute Gasteiger partial charge is 0.490 e. The van der Waals surface area contributed by atoms with Gasteiger partial charge in [-0.25, -0.2) is 14.6 Å². The molecule has 0 bridgehead atoms. The molecule has 2 aliphatic rings. The van der Waals surface area contributed by atoms with Gasteiger partial charge >= 0.3 is 24.3 Å². The molecule has 2 N–H and O–H groups in total. The second-order valence-electron chi connectivity index (χ2n) is 9.19. The standard InChI is InChI=1S/C19H28N4S.2C2HF3O2/c1-21-13-8-20-18(21)16-23-11-6-19(7-12-23)4-9-22(10-5-19)15-17-3-2-14-24-17;2*3-2(4,5)1(6)7/h2-3,8,13-14H,4-7,9-12,15-16H2,1H3;2*(H,6,7). The fourth-order valence-corrected chi connectivity index (χ4v) is 4.99. The maximum absolute atomic E-state index is 10.6. The lowest BCUT2D eigenvalue weighted by molar-refractivity contribution is -0.193. The number of aryl methyl sites for hydroxylation is 1. The van der Waals surface area contributed by atoms with Crippen molar-refractivity contribution in [3.63, 3.8) is 0 Å². The van der Waals surface area contributed by atoms with E-state index in [4.69, 9.17) is 19.8 Å². The summed E-state index contributed by atoms with van der Waals surface area (Å²) in [6.45, 7) is 7.17. The molecule has 15 heteroatoms. The van der Waals surface area contributed by atoms with Gasteiger partial charge in [-0.05, 0) is 68.7 Å². The number of nitrogens with zero attached hydrogens (tertiary/aromatic N) is 4. The highest BCUT2D eigenvalue weighted by Gasteiger charge is 2.39. The summed E-state index contributed by atoms with van der Waals surface area (Å²) >= 11 is 1.89. The van der Waals surface area contributed by atoms with Gasteiger partial charge < -0.3 is 14.8 Å². The van der Waals surface area contributed by atoms with E-state index in [1.165, 1.54) is 62.6 Å². The van der Waals surface area contributed by atoms with Gasteiger partial charge in [0.05, 0.1) is 6.54 Å². The van der Waals surface area contributed by atoms with Crippen molar-refractivity contribution in [2.75, 3.05) is 26.2 Å². The Morgan fingerprint density at radius 1 is 0.921 bits per heavy atom. The fourth-order valence-electron chi connectivity index (χ4n) is 4.24. The van der Waals surface area contributed by atoms with Crippen molar-refractivity contribution in [1.29, 1.82) is 0 Å². The number of thiophene rings is 1. The summed E-state index contributed by atoms with van der Waals surface area (Å²) in [4.78, 5) is 29.0. The Labute approximate surface area is 219 Å². The Hall–Kier alpha value is -2.65. The van der Waals surface area contributed by atoms with Gasteiger partial charge in [0.2, 0.25) is 0 Å². The summed E-state index contributed by atoms with van der Waals surface area (Å²) in [7, 11) is 2.09. The second-order valence-corrected chi connectivity index (χ2v) is 10.2. The van der Waals surface area contributed by atoms with E-state index in [-0.39, 0.29) is 0 Å². The first-order valence-corrected chi connectivity index (χ1v) is 12.5. The van der Waals surface area contributed by atoms with Crippen molar-refractivity contribution < 1.29 is 46.1 Å². The van der Waals surface area contributed by atoms with Gasteiger partial charge in [0.25, 0.3) is 0 Å². The lowest BCUT2D eigenvalue weighted by atomic mass is 9.71. The quantitative estimate of drug-likeness (QED) is 0.516. The van der Waals surface area contributed by atoms with Gasteiger partial charge in [-0.15, -0.1) is 11.3 Å². The van der Waals surface area contributed by atoms with Gasteiger partial charge in [0, 0.05) is 30.9 Å². The zero-order valence-corrected chi connectivity index (χ0v) is 21.5. The number of aliphatic carboxylic acids is 2. The molecule has 2 aromatic rings. The number of hydrogen-bond donors (Lipinski definition) is 2. The van der Waals surface area contributed by atoms with Crippen LogP contribution in [-0.4, -0.2) is 80.0 Å². The molecule has 0 aromatic carbocycles. The molecule has 8 nitrogen and oxygen atoms in total. The van der Waals surface area contributed by atoms with Crippen LogP contribution < -0.4 is 0 Å². The van der Waals surface area contributed by atoms with E-state index in [2.05, 4.69) is 43.9 Å². The molecule has 0 amide bonds. The highest BCUT2D eigenvalue weighted by molar-refractivity contribution is 7.09. The molecule has 0 atom stereocenters. The van der Waals surface area contributed by atoms with Crippen LogP contribution in [0.15, 0.2) is 29.9 Å². The number of carbonyl (C=O) groups is 2. The van der Waals surface area contributed by atoms with Crippen LogP contribution in [0, 0.1) is 5.41 Å². The maximum Gasteiger partial charge on any atom is 0.490 e. The Balaban J connectivity index is 0.000000301. The molecule has 38 heavy (non-hydrogen) atoms. The van der Waals surface area contributed by atoms with Crippen LogP contribution in [0.4, 0.5) is 26.3 Å². The van der Waals surface area contributed by atoms with Gasteiger partial charge in [0.15, 0.2) is 0 Å². The average Bonchev–Trinajstić information content (AvgIpc) is 3.48. The molecule has 1 spiro atoms.